The lowest BCUT2D eigenvalue weighted by molar-refractivity contribution is -0.118. The number of fused-ring (bicyclic) bond motifs is 1. The summed E-state index contributed by atoms with van der Waals surface area (Å²) in [5.41, 5.74) is 6.38. The van der Waals surface area contributed by atoms with Gasteiger partial charge in [-0.2, -0.15) is 0 Å². The normalized spacial score (nSPS) is 15.6. The highest BCUT2D eigenvalue weighted by Crippen LogP contribution is 2.41. The minimum Gasteiger partial charge on any atom is -0.506 e. The van der Waals surface area contributed by atoms with Gasteiger partial charge in [-0.1, -0.05) is 75.4 Å². The molecule has 61 heavy (non-hydrogen) atoms. The van der Waals surface area contributed by atoms with E-state index in [1.807, 2.05) is 65.6 Å². The standard InChI is InChI=1S/C46H61N5O8SSi/c1-46(2,3)61(6,7)59-43(34-17-18-41(52)39(28-34)49-60(5,55)56)31-47-30-35-27-33-19-26-51(40(33)29-42(35)57-4)44(53)22-25-50-23-20-36(21-24-50)58-45(54)48-38-16-12-11-15-37(38)32-13-9-8-10-14-32/h8-18,27-29,36,43,47,49,52H,19-26,30-31H2,1-7H3,(H,48,54)/t43-/m0/s1. The number of amides is 2. The molecule has 13 nitrogen and oxygen atoms in total. The van der Waals surface area contributed by atoms with Crippen molar-refractivity contribution in [2.45, 2.75) is 83.3 Å². The maximum atomic E-state index is 13.6. The number of anilines is 3. The van der Waals surface area contributed by atoms with Crippen molar-refractivity contribution in [2.75, 3.05) is 61.0 Å². The van der Waals surface area contributed by atoms with Crippen LogP contribution < -0.4 is 25.0 Å². The van der Waals surface area contributed by atoms with Crippen LogP contribution in [-0.4, -0.2) is 90.9 Å². The second kappa shape index (κ2) is 19.4. The molecule has 2 amide bonds. The summed E-state index contributed by atoms with van der Waals surface area (Å²) in [7, 11) is -4.28. The molecule has 1 atom stereocenters. The molecule has 15 heteroatoms. The van der Waals surface area contributed by atoms with Crippen molar-refractivity contribution in [3.8, 4) is 22.6 Å². The second-order valence-corrected chi connectivity index (χ2v) is 24.0. The van der Waals surface area contributed by atoms with Gasteiger partial charge in [0.15, 0.2) is 8.32 Å². The maximum Gasteiger partial charge on any atom is 0.411 e. The van der Waals surface area contributed by atoms with Gasteiger partial charge < -0.3 is 34.1 Å². The number of piperidine rings is 1. The van der Waals surface area contributed by atoms with Crippen molar-refractivity contribution in [3.05, 3.63) is 102 Å². The number of nitrogens with zero attached hydrogens (tertiary/aromatic N) is 2. The first kappa shape index (κ1) is 45.6. The van der Waals surface area contributed by atoms with Gasteiger partial charge in [-0.25, -0.2) is 13.2 Å². The Bertz CT molecular complexity index is 2280. The first-order chi connectivity index (χ1) is 28.9. The van der Waals surface area contributed by atoms with Crippen LogP contribution in [0.1, 0.15) is 62.8 Å². The first-order valence-electron chi connectivity index (χ1n) is 20.9. The van der Waals surface area contributed by atoms with E-state index in [0.717, 1.165) is 59.3 Å². The van der Waals surface area contributed by atoms with Gasteiger partial charge in [-0.3, -0.25) is 14.8 Å². The van der Waals surface area contributed by atoms with E-state index < -0.39 is 30.5 Å². The lowest BCUT2D eigenvalue weighted by Gasteiger charge is -2.39. The van der Waals surface area contributed by atoms with Crippen LogP contribution in [0.25, 0.3) is 11.1 Å². The number of carbonyl (C=O) groups is 2. The number of rotatable bonds is 16. The molecular weight excluding hydrogens is 811 g/mol. The van der Waals surface area contributed by atoms with Crippen molar-refractivity contribution in [1.82, 2.24) is 10.2 Å². The minimum absolute atomic E-state index is 0.0609. The van der Waals surface area contributed by atoms with Crippen LogP contribution in [0.5, 0.6) is 11.5 Å². The third-order valence-corrected chi connectivity index (χ3v) is 17.0. The second-order valence-electron chi connectivity index (χ2n) is 17.5. The van der Waals surface area contributed by atoms with Gasteiger partial charge in [0.05, 0.1) is 36.5 Å². The number of ether oxygens (including phenoxy) is 2. The quantitative estimate of drug-likeness (QED) is 0.0638. The number of methoxy groups -OCH3 is 1. The van der Waals surface area contributed by atoms with Crippen LogP contribution in [0.3, 0.4) is 0 Å². The number of sulfonamides is 1. The molecule has 1 fully saturated rings. The van der Waals surface area contributed by atoms with Crippen molar-refractivity contribution in [3.63, 3.8) is 0 Å². The molecule has 4 N–H and O–H groups in total. The van der Waals surface area contributed by atoms with Gasteiger partial charge >= 0.3 is 6.09 Å². The van der Waals surface area contributed by atoms with Gasteiger partial charge in [-0.05, 0) is 78.4 Å². The zero-order chi connectivity index (χ0) is 44.0. The summed E-state index contributed by atoms with van der Waals surface area (Å²) in [6.45, 7) is 14.4. The number of likely N-dealkylation sites (tertiary alicyclic amines) is 1. The number of phenols is 1. The Morgan fingerprint density at radius 2 is 1.64 bits per heavy atom. The van der Waals surface area contributed by atoms with E-state index in [1.165, 1.54) is 6.07 Å². The monoisotopic (exact) mass is 871 g/mol. The number of phenolic OH excluding ortho intramolecular Hbond substituents is 1. The Kier molecular flexibility index (Phi) is 14.5. The molecule has 0 aromatic heterocycles. The highest BCUT2D eigenvalue weighted by Gasteiger charge is 2.39. The maximum absolute atomic E-state index is 13.6. The van der Waals surface area contributed by atoms with Gasteiger partial charge in [0.25, 0.3) is 0 Å². The number of hydrogen-bond acceptors (Lipinski definition) is 10. The Morgan fingerprint density at radius 3 is 2.33 bits per heavy atom. The molecule has 2 heterocycles. The minimum atomic E-state index is -3.62. The van der Waals surface area contributed by atoms with Gasteiger partial charge in [0.1, 0.15) is 17.6 Å². The predicted molar refractivity (Wildman–Crippen MR) is 244 cm³/mol. The Hall–Kier alpha value is -4.93. The van der Waals surface area contributed by atoms with Crippen molar-refractivity contribution >= 4 is 47.4 Å². The van der Waals surface area contributed by atoms with Crippen LogP contribution in [0, 0.1) is 0 Å². The van der Waals surface area contributed by atoms with Gasteiger partial charge in [-0.15, -0.1) is 0 Å². The largest absolute Gasteiger partial charge is 0.506 e. The summed E-state index contributed by atoms with van der Waals surface area (Å²) in [5.74, 6) is 0.566. The van der Waals surface area contributed by atoms with E-state index in [9.17, 15) is 23.1 Å². The molecule has 0 unspecified atom stereocenters. The van der Waals surface area contributed by atoms with E-state index in [0.29, 0.717) is 56.9 Å². The third kappa shape index (κ3) is 11.9. The lowest BCUT2D eigenvalue weighted by Crippen LogP contribution is -2.43. The molecular formula is C46H61N5O8SSi. The SMILES string of the molecule is COc1cc2c(cc1CNC[C@H](O[Si](C)(C)C(C)(C)C)c1ccc(O)c(NS(C)(=O)=O)c1)CCN2C(=O)CCN1CCC(OC(=O)Nc2ccccc2-c2ccccc2)CC1. The summed E-state index contributed by atoms with van der Waals surface area (Å²) >= 11 is 0. The molecule has 1 saturated heterocycles. The van der Waals surface area contributed by atoms with E-state index in [1.54, 1.807) is 19.2 Å². The van der Waals surface area contributed by atoms with Crippen LogP contribution in [0.4, 0.5) is 21.9 Å². The first-order valence-corrected chi connectivity index (χ1v) is 25.7. The fraction of sp³-hybridized carbons (Fsp3) is 0.435. The predicted octanol–water partition coefficient (Wildman–Crippen LogP) is 8.28. The number of aromatic hydroxyl groups is 1. The summed E-state index contributed by atoms with van der Waals surface area (Å²) < 4.78 is 45.0. The average molecular weight is 872 g/mol. The zero-order valence-corrected chi connectivity index (χ0v) is 38.2. The van der Waals surface area contributed by atoms with Gasteiger partial charge in [0, 0.05) is 62.9 Å². The third-order valence-electron chi connectivity index (χ3n) is 12.0. The summed E-state index contributed by atoms with van der Waals surface area (Å²) in [6, 6.07) is 26.5. The highest BCUT2D eigenvalue weighted by molar-refractivity contribution is 7.92. The van der Waals surface area contributed by atoms with Crippen molar-refractivity contribution in [2.24, 2.45) is 0 Å². The molecule has 2 aliphatic heterocycles. The van der Waals surface area contributed by atoms with E-state index in [2.05, 4.69) is 60.2 Å². The van der Waals surface area contributed by atoms with Crippen LogP contribution in [0.2, 0.25) is 18.1 Å². The molecule has 0 bridgehead atoms. The molecule has 0 aliphatic carbocycles. The van der Waals surface area contributed by atoms with Gasteiger partial charge in [0.2, 0.25) is 15.9 Å². The number of nitrogens with one attached hydrogen (secondary N) is 3. The smallest absolute Gasteiger partial charge is 0.411 e. The number of hydrogen-bond donors (Lipinski definition) is 4. The van der Waals surface area contributed by atoms with E-state index >= 15 is 0 Å². The lowest BCUT2D eigenvalue weighted by atomic mass is 10.0. The zero-order valence-electron chi connectivity index (χ0n) is 36.4. The molecule has 0 radical (unpaired) electrons. The van der Waals surface area contributed by atoms with Crippen molar-refractivity contribution in [1.29, 1.82) is 0 Å². The van der Waals surface area contributed by atoms with Crippen LogP contribution in [-0.2, 0) is 36.9 Å². The molecule has 4 aromatic carbocycles. The highest BCUT2D eigenvalue weighted by atomic mass is 32.2. The van der Waals surface area contributed by atoms with E-state index in [-0.39, 0.29) is 28.5 Å². The molecule has 6 rings (SSSR count). The summed E-state index contributed by atoms with van der Waals surface area (Å²) in [4.78, 5) is 30.7. The summed E-state index contributed by atoms with van der Waals surface area (Å²) in [6.07, 6.45) is 2.46. The Balaban J connectivity index is 1.02. The fourth-order valence-electron chi connectivity index (χ4n) is 7.58. The molecule has 2 aliphatic rings. The molecule has 328 valence electrons. The summed E-state index contributed by atoms with van der Waals surface area (Å²) in [5, 5.41) is 16.8. The van der Waals surface area contributed by atoms with Crippen LogP contribution in [0.15, 0.2) is 84.9 Å². The molecule has 4 aromatic rings. The van der Waals surface area contributed by atoms with Crippen LogP contribution >= 0.6 is 0 Å². The number of para-hydroxylation sites is 1. The number of carbonyl (C=O) groups excluding carboxylic acids is 2. The number of benzene rings is 4. The average Bonchev–Trinajstić information content (AvgIpc) is 3.63. The van der Waals surface area contributed by atoms with Crippen molar-refractivity contribution < 1.29 is 37.0 Å². The Labute approximate surface area is 362 Å². The molecule has 0 spiro atoms. The Morgan fingerprint density at radius 1 is 0.934 bits per heavy atom. The topological polar surface area (TPSA) is 159 Å². The molecule has 0 saturated carbocycles. The van der Waals surface area contributed by atoms with E-state index in [4.69, 9.17) is 13.9 Å². The fourth-order valence-corrected chi connectivity index (χ4v) is 9.43.